The zero-order chi connectivity index (χ0) is 22.5. The molecule has 0 aliphatic carbocycles. The number of anilines is 1. The van der Waals surface area contributed by atoms with Gasteiger partial charge in [0.1, 0.15) is 5.82 Å². The van der Waals surface area contributed by atoms with Crippen LogP contribution >= 0.6 is 11.6 Å². The van der Waals surface area contributed by atoms with Gasteiger partial charge in [0.2, 0.25) is 0 Å². The highest BCUT2D eigenvalue weighted by molar-refractivity contribution is 6.33. The maximum atomic E-state index is 6.56. The number of aromatic nitrogens is 2. The van der Waals surface area contributed by atoms with Crippen molar-refractivity contribution >= 4 is 28.3 Å². The van der Waals surface area contributed by atoms with Gasteiger partial charge in [-0.2, -0.15) is 0 Å². The number of methoxy groups -OCH3 is 1. The number of pyridine rings is 1. The molecule has 0 radical (unpaired) electrons. The molecule has 0 saturated heterocycles. The number of halogens is 1. The van der Waals surface area contributed by atoms with Crippen LogP contribution in [0.15, 0.2) is 66.7 Å². The molecule has 1 unspecified atom stereocenters. The van der Waals surface area contributed by atoms with Crippen LogP contribution in [0.3, 0.4) is 0 Å². The Bertz CT molecular complexity index is 1300. The van der Waals surface area contributed by atoms with Crippen LogP contribution in [0.4, 0.5) is 5.82 Å². The van der Waals surface area contributed by atoms with Gasteiger partial charge in [0.25, 0.3) is 0 Å². The number of fused-ring (bicyclic) bond motifs is 1. The Morgan fingerprint density at radius 2 is 1.94 bits per heavy atom. The van der Waals surface area contributed by atoms with Gasteiger partial charge < -0.3 is 15.0 Å². The van der Waals surface area contributed by atoms with E-state index in [2.05, 4.69) is 52.6 Å². The molecular formula is C27H26ClN3O. The van der Waals surface area contributed by atoms with Crippen molar-refractivity contribution in [3.05, 3.63) is 83.0 Å². The molecule has 1 atom stereocenters. The molecule has 4 rings (SSSR count). The van der Waals surface area contributed by atoms with Crippen LogP contribution in [0.25, 0.3) is 22.2 Å². The molecule has 162 valence electrons. The molecule has 0 aliphatic heterocycles. The Labute approximate surface area is 194 Å². The molecule has 2 heterocycles. The summed E-state index contributed by atoms with van der Waals surface area (Å²) in [7, 11) is 1.73. The van der Waals surface area contributed by atoms with Crippen molar-refractivity contribution in [3.63, 3.8) is 0 Å². The van der Waals surface area contributed by atoms with Gasteiger partial charge in [-0.3, -0.25) is 0 Å². The molecule has 0 spiro atoms. The summed E-state index contributed by atoms with van der Waals surface area (Å²) in [6.45, 7) is 2.64. The largest absolute Gasteiger partial charge is 0.384 e. The molecule has 2 N–H and O–H groups in total. The number of hydrogen-bond acceptors (Lipinski definition) is 3. The summed E-state index contributed by atoms with van der Waals surface area (Å²) in [5.41, 5.74) is 10.9. The number of ether oxygens (including phenoxy) is 1. The average molecular weight is 444 g/mol. The Morgan fingerprint density at radius 1 is 1.09 bits per heavy atom. The maximum Gasteiger partial charge on any atom is 0.123 e. The predicted molar refractivity (Wildman–Crippen MR) is 133 cm³/mol. The summed E-state index contributed by atoms with van der Waals surface area (Å²) in [6, 6.07) is 22.1. The van der Waals surface area contributed by atoms with E-state index in [9.17, 15) is 0 Å². The molecule has 2 aromatic carbocycles. The molecule has 2 aromatic heterocycles. The second-order valence-corrected chi connectivity index (χ2v) is 8.22. The molecule has 0 saturated carbocycles. The SMILES string of the molecule is COC(C)CCC#Cc1ccc2cc(-c3ccccc3Cl)n(Cc3cccc(N)n3)c2c1. The highest BCUT2D eigenvalue weighted by atomic mass is 35.5. The molecule has 0 aliphatic rings. The zero-order valence-corrected chi connectivity index (χ0v) is 19.1. The van der Waals surface area contributed by atoms with Gasteiger partial charge in [0, 0.05) is 35.1 Å². The Morgan fingerprint density at radius 3 is 2.72 bits per heavy atom. The van der Waals surface area contributed by atoms with Crippen molar-refractivity contribution < 1.29 is 4.74 Å². The Balaban J connectivity index is 1.77. The summed E-state index contributed by atoms with van der Waals surface area (Å²) in [5.74, 6) is 7.07. The third kappa shape index (κ3) is 4.96. The first kappa shape index (κ1) is 22.0. The van der Waals surface area contributed by atoms with Gasteiger partial charge in [-0.05, 0) is 49.7 Å². The number of nitrogens with zero attached hydrogens (tertiary/aromatic N) is 2. The van der Waals surface area contributed by atoms with Crippen molar-refractivity contribution in [2.24, 2.45) is 0 Å². The lowest BCUT2D eigenvalue weighted by molar-refractivity contribution is 0.112. The van der Waals surface area contributed by atoms with Gasteiger partial charge in [-0.15, -0.1) is 0 Å². The van der Waals surface area contributed by atoms with Crippen LogP contribution in [0.2, 0.25) is 5.02 Å². The standard InChI is InChI=1S/C27H26ClN3O/c1-19(32-2)8-3-4-9-20-14-15-21-17-26(23-11-5-6-12-24(23)28)31(25(21)16-20)18-22-10-7-13-27(29)30-22/h5-7,10-17,19H,3,8,18H2,1-2H3,(H2,29,30). The van der Waals surface area contributed by atoms with Crippen molar-refractivity contribution in [2.75, 3.05) is 12.8 Å². The molecular weight excluding hydrogens is 418 g/mol. The molecule has 5 heteroatoms. The summed E-state index contributed by atoms with van der Waals surface area (Å²) in [4.78, 5) is 4.50. The normalized spacial score (nSPS) is 11.8. The summed E-state index contributed by atoms with van der Waals surface area (Å²) >= 11 is 6.56. The van der Waals surface area contributed by atoms with Gasteiger partial charge in [0.15, 0.2) is 0 Å². The highest BCUT2D eigenvalue weighted by Crippen LogP contribution is 2.33. The topological polar surface area (TPSA) is 53.1 Å². The third-order valence-electron chi connectivity index (χ3n) is 5.51. The fourth-order valence-electron chi connectivity index (χ4n) is 3.70. The van der Waals surface area contributed by atoms with Crippen LogP contribution in [-0.2, 0) is 11.3 Å². The van der Waals surface area contributed by atoms with E-state index in [-0.39, 0.29) is 6.10 Å². The van der Waals surface area contributed by atoms with Crippen molar-refractivity contribution in [3.8, 4) is 23.1 Å². The number of rotatable bonds is 6. The molecule has 32 heavy (non-hydrogen) atoms. The Kier molecular flexibility index (Phi) is 6.80. The second-order valence-electron chi connectivity index (χ2n) is 7.81. The fraction of sp³-hybridized carbons (Fsp3) is 0.222. The monoisotopic (exact) mass is 443 g/mol. The first-order chi connectivity index (χ1) is 15.5. The van der Waals surface area contributed by atoms with Crippen LogP contribution in [0.1, 0.15) is 31.0 Å². The van der Waals surface area contributed by atoms with Crippen LogP contribution in [-0.4, -0.2) is 22.8 Å². The third-order valence-corrected chi connectivity index (χ3v) is 5.84. The van der Waals surface area contributed by atoms with E-state index in [0.717, 1.165) is 46.3 Å². The van der Waals surface area contributed by atoms with E-state index < -0.39 is 0 Å². The van der Waals surface area contributed by atoms with E-state index in [4.69, 9.17) is 22.1 Å². The average Bonchev–Trinajstić information content (AvgIpc) is 3.14. The lowest BCUT2D eigenvalue weighted by Crippen LogP contribution is -2.05. The maximum absolute atomic E-state index is 6.56. The summed E-state index contributed by atoms with van der Waals surface area (Å²) in [5, 5.41) is 1.84. The van der Waals surface area contributed by atoms with Crippen LogP contribution < -0.4 is 5.73 Å². The number of nitrogens with two attached hydrogens (primary N) is 1. The minimum absolute atomic E-state index is 0.216. The van der Waals surface area contributed by atoms with Crippen LogP contribution in [0.5, 0.6) is 0 Å². The first-order valence-electron chi connectivity index (χ1n) is 10.7. The van der Waals surface area contributed by atoms with Gasteiger partial charge in [-0.1, -0.05) is 53.8 Å². The smallest absolute Gasteiger partial charge is 0.123 e. The number of nitrogen functional groups attached to an aromatic ring is 1. The van der Waals surface area contributed by atoms with Crippen LogP contribution in [0, 0.1) is 11.8 Å². The lowest BCUT2D eigenvalue weighted by Gasteiger charge is -2.12. The van der Waals surface area contributed by atoms with Gasteiger partial charge in [-0.25, -0.2) is 4.98 Å². The zero-order valence-electron chi connectivity index (χ0n) is 18.3. The van der Waals surface area contributed by atoms with Gasteiger partial charge in [0.05, 0.1) is 29.6 Å². The molecule has 0 fully saturated rings. The quantitative estimate of drug-likeness (QED) is 0.363. The molecule has 4 nitrogen and oxygen atoms in total. The summed E-state index contributed by atoms with van der Waals surface area (Å²) < 4.78 is 7.53. The first-order valence-corrected chi connectivity index (χ1v) is 11.0. The van der Waals surface area contributed by atoms with E-state index in [1.54, 1.807) is 13.2 Å². The van der Waals surface area contributed by atoms with Crippen molar-refractivity contribution in [1.29, 1.82) is 0 Å². The number of hydrogen-bond donors (Lipinski definition) is 1. The predicted octanol–water partition coefficient (Wildman–Crippen LogP) is 6.15. The van der Waals surface area contributed by atoms with E-state index in [0.29, 0.717) is 17.4 Å². The van der Waals surface area contributed by atoms with E-state index in [1.165, 1.54) is 0 Å². The second kappa shape index (κ2) is 9.91. The minimum Gasteiger partial charge on any atom is -0.384 e. The summed E-state index contributed by atoms with van der Waals surface area (Å²) in [6.07, 6.45) is 1.93. The van der Waals surface area contributed by atoms with Crippen molar-refractivity contribution in [2.45, 2.75) is 32.4 Å². The minimum atomic E-state index is 0.216. The molecule has 0 amide bonds. The fourth-order valence-corrected chi connectivity index (χ4v) is 3.93. The lowest BCUT2D eigenvalue weighted by atomic mass is 10.1. The molecule has 0 bridgehead atoms. The van der Waals surface area contributed by atoms with E-state index in [1.807, 2.05) is 36.4 Å². The molecule has 4 aromatic rings. The number of benzene rings is 2. The Hall–Kier alpha value is -3.26. The van der Waals surface area contributed by atoms with Gasteiger partial charge >= 0.3 is 0 Å². The van der Waals surface area contributed by atoms with Crippen molar-refractivity contribution in [1.82, 2.24) is 9.55 Å². The highest BCUT2D eigenvalue weighted by Gasteiger charge is 2.14. The van der Waals surface area contributed by atoms with E-state index >= 15 is 0 Å².